The molecule has 0 radical (unpaired) electrons. The molecule has 0 bridgehead atoms. The van der Waals surface area contributed by atoms with Gasteiger partial charge in [-0.25, -0.2) is 0 Å². The van der Waals surface area contributed by atoms with E-state index in [1.54, 1.807) is 6.08 Å². The summed E-state index contributed by atoms with van der Waals surface area (Å²) in [5.74, 6) is -0.188. The van der Waals surface area contributed by atoms with Gasteiger partial charge in [-0.2, -0.15) is 0 Å². The summed E-state index contributed by atoms with van der Waals surface area (Å²) in [6, 6.07) is -0.831. The summed E-state index contributed by atoms with van der Waals surface area (Å²) in [5, 5.41) is 54.8. The number of carbonyl (C=O) groups excluding carboxylic acids is 1. The lowest BCUT2D eigenvalue weighted by atomic mass is 9.99. The third-order valence-electron chi connectivity index (χ3n) is 17.6. The summed E-state index contributed by atoms with van der Waals surface area (Å²) in [4.78, 5) is 13.2. The van der Waals surface area contributed by atoms with E-state index in [1.165, 1.54) is 238 Å². The lowest BCUT2D eigenvalue weighted by Crippen LogP contribution is -2.60. The van der Waals surface area contributed by atoms with Crippen LogP contribution >= 0.6 is 0 Å². The van der Waals surface area contributed by atoms with Crippen molar-refractivity contribution in [3.63, 3.8) is 0 Å². The maximum absolute atomic E-state index is 13.2. The Kier molecular flexibility index (Phi) is 64.8. The molecule has 1 heterocycles. The van der Waals surface area contributed by atoms with Crippen LogP contribution in [0.1, 0.15) is 341 Å². The average molecular weight is 1260 g/mol. The Balaban J connectivity index is 2.13. The standard InChI is InChI=1S/C81H143NO8/c1-3-5-7-9-11-13-15-17-19-21-23-25-27-29-31-33-35-37-38-39-41-43-45-47-49-51-53-55-57-59-61-63-65-67-69-71-77(85)82-74(73-89-81-80(88)79(87)78(86)76(72-83)90-81)75(84)70-68-66-64-62-60-58-56-54-52-50-48-46-44-42-40-36-34-32-30-28-26-24-22-20-18-16-14-12-10-8-6-4-2/h5,7,11,13,17,19,23,25,29,31,35,37,39,41,60,62,68,70,74-76,78-81,83-84,86-88H,3-4,6,8-10,12,14-16,18,20-22,24,26-28,30,32-34,36,38,40,42-59,61,63-67,69,71-73H2,1-2H3,(H,82,85)/b7-5-,13-11-,19-17-,25-23-,31-29-,37-35-,41-39-,62-60+,70-68+. The van der Waals surface area contributed by atoms with Crippen molar-refractivity contribution in [2.24, 2.45) is 0 Å². The number of aliphatic hydroxyl groups excluding tert-OH is 5. The van der Waals surface area contributed by atoms with E-state index in [4.69, 9.17) is 9.47 Å². The van der Waals surface area contributed by atoms with E-state index in [1.807, 2.05) is 6.08 Å². The molecule has 9 nitrogen and oxygen atoms in total. The zero-order chi connectivity index (χ0) is 64.9. The van der Waals surface area contributed by atoms with Gasteiger partial charge in [-0.15, -0.1) is 0 Å². The molecule has 0 aromatic carbocycles. The minimum atomic E-state index is -1.58. The molecule has 1 saturated heterocycles. The topological polar surface area (TPSA) is 149 Å². The molecular weight excluding hydrogens is 1110 g/mol. The first-order valence-electron chi connectivity index (χ1n) is 38.1. The van der Waals surface area contributed by atoms with E-state index in [-0.39, 0.29) is 12.5 Å². The van der Waals surface area contributed by atoms with E-state index < -0.39 is 49.5 Å². The molecule has 0 aromatic heterocycles. The number of unbranched alkanes of at least 4 members (excludes halogenated alkanes) is 40. The first-order valence-corrected chi connectivity index (χ1v) is 38.1. The molecule has 0 saturated carbocycles. The Bertz CT molecular complexity index is 1800. The second kappa shape index (κ2) is 68.7. The van der Waals surface area contributed by atoms with Crippen molar-refractivity contribution in [2.75, 3.05) is 13.2 Å². The highest BCUT2D eigenvalue weighted by atomic mass is 16.7. The van der Waals surface area contributed by atoms with Crippen LogP contribution in [0.4, 0.5) is 0 Å². The number of rotatable bonds is 66. The Morgan fingerprint density at radius 2 is 0.700 bits per heavy atom. The second-order valence-corrected chi connectivity index (χ2v) is 26.1. The molecule has 1 fully saturated rings. The van der Waals surface area contributed by atoms with Gasteiger partial charge in [0, 0.05) is 6.42 Å². The number of carbonyl (C=O) groups is 1. The minimum absolute atomic E-state index is 0.188. The molecule has 1 rings (SSSR count). The SMILES string of the molecule is CC/C=C\C/C=C\C/C=C\C/C=C\C/C=C\C/C=C\C/C=C\CCCCCCCCCCCCCCCC(=O)NC(COC1OC(CO)C(O)C(O)C1O)C(O)/C=C/CC/C=C/CCCCCCCCCCCCCCCCCCCCCCCCCCCC. The number of hydrogen-bond acceptors (Lipinski definition) is 8. The van der Waals surface area contributed by atoms with Gasteiger partial charge in [0.05, 0.1) is 25.4 Å². The van der Waals surface area contributed by atoms with E-state index in [2.05, 4.69) is 116 Å². The van der Waals surface area contributed by atoms with Crippen molar-refractivity contribution in [1.82, 2.24) is 5.32 Å². The number of ether oxygens (including phenoxy) is 2. The minimum Gasteiger partial charge on any atom is -0.394 e. The highest BCUT2D eigenvalue weighted by Gasteiger charge is 2.44. The lowest BCUT2D eigenvalue weighted by Gasteiger charge is -2.40. The number of aliphatic hydroxyl groups is 5. The zero-order valence-corrected chi connectivity index (χ0v) is 58.4. The van der Waals surface area contributed by atoms with Crippen LogP contribution < -0.4 is 5.32 Å². The molecule has 0 aliphatic carbocycles. The van der Waals surface area contributed by atoms with Crippen molar-refractivity contribution >= 4 is 5.91 Å². The molecule has 1 amide bonds. The number of amides is 1. The lowest BCUT2D eigenvalue weighted by molar-refractivity contribution is -0.302. The summed E-state index contributed by atoms with van der Waals surface area (Å²) in [6.45, 7) is 3.68. The number of hydrogen-bond donors (Lipinski definition) is 6. The Labute approximate surface area is 555 Å². The van der Waals surface area contributed by atoms with Gasteiger partial charge in [-0.05, 0) is 89.9 Å². The number of nitrogens with one attached hydrogen (secondary N) is 1. The van der Waals surface area contributed by atoms with Gasteiger partial charge in [-0.1, -0.05) is 354 Å². The molecule has 90 heavy (non-hydrogen) atoms. The van der Waals surface area contributed by atoms with Crippen LogP contribution in [-0.4, -0.2) is 87.5 Å². The third-order valence-corrected chi connectivity index (χ3v) is 17.6. The Hall–Kier alpha value is -3.15. The van der Waals surface area contributed by atoms with Crippen LogP contribution in [0.2, 0.25) is 0 Å². The van der Waals surface area contributed by atoms with Gasteiger partial charge in [0.1, 0.15) is 24.4 Å². The van der Waals surface area contributed by atoms with E-state index >= 15 is 0 Å². The highest BCUT2D eigenvalue weighted by molar-refractivity contribution is 5.76. The normalized spacial score (nSPS) is 18.4. The quantitative estimate of drug-likeness (QED) is 0.0261. The first kappa shape index (κ1) is 84.9. The van der Waals surface area contributed by atoms with Gasteiger partial charge >= 0.3 is 0 Å². The maximum atomic E-state index is 13.2. The fourth-order valence-electron chi connectivity index (χ4n) is 11.7. The van der Waals surface area contributed by atoms with Crippen LogP contribution in [0.25, 0.3) is 0 Å². The highest BCUT2D eigenvalue weighted by Crippen LogP contribution is 2.23. The first-order chi connectivity index (χ1) is 44.3. The Morgan fingerprint density at radius 3 is 1.07 bits per heavy atom. The monoisotopic (exact) mass is 1260 g/mol. The van der Waals surface area contributed by atoms with E-state index in [9.17, 15) is 30.3 Å². The molecule has 1 aliphatic heterocycles. The average Bonchev–Trinajstić information content (AvgIpc) is 1.28. The van der Waals surface area contributed by atoms with E-state index in [0.717, 1.165) is 83.5 Å². The van der Waals surface area contributed by atoms with Crippen LogP contribution in [0, 0.1) is 0 Å². The fraction of sp³-hybridized carbons (Fsp3) is 0.765. The van der Waals surface area contributed by atoms with Crippen LogP contribution in [0.15, 0.2) is 109 Å². The van der Waals surface area contributed by atoms with Crippen molar-refractivity contribution in [2.45, 2.75) is 384 Å². The summed E-state index contributed by atoms with van der Waals surface area (Å²) in [6.07, 6.45) is 95.0. The van der Waals surface area contributed by atoms with Crippen molar-refractivity contribution in [3.05, 3.63) is 109 Å². The summed E-state index contributed by atoms with van der Waals surface area (Å²) >= 11 is 0. The smallest absolute Gasteiger partial charge is 0.220 e. The number of allylic oxidation sites excluding steroid dienone is 17. The van der Waals surface area contributed by atoms with Gasteiger partial charge in [-0.3, -0.25) is 4.79 Å². The van der Waals surface area contributed by atoms with Gasteiger partial charge in [0.25, 0.3) is 0 Å². The summed E-state index contributed by atoms with van der Waals surface area (Å²) in [5.41, 5.74) is 0. The largest absolute Gasteiger partial charge is 0.394 e. The van der Waals surface area contributed by atoms with Gasteiger partial charge in [0.2, 0.25) is 5.91 Å². The molecule has 1 aliphatic rings. The van der Waals surface area contributed by atoms with Crippen LogP contribution in [-0.2, 0) is 14.3 Å². The Morgan fingerprint density at radius 1 is 0.389 bits per heavy atom. The van der Waals surface area contributed by atoms with Crippen molar-refractivity contribution < 1.29 is 39.8 Å². The zero-order valence-electron chi connectivity index (χ0n) is 58.4. The van der Waals surface area contributed by atoms with Gasteiger partial charge < -0.3 is 40.3 Å². The van der Waals surface area contributed by atoms with Gasteiger partial charge in [0.15, 0.2) is 6.29 Å². The third kappa shape index (κ3) is 56.4. The molecular formula is C81H143NO8. The van der Waals surface area contributed by atoms with Crippen LogP contribution in [0.5, 0.6) is 0 Å². The summed E-state index contributed by atoms with van der Waals surface area (Å²) in [7, 11) is 0. The molecule has 9 heteroatoms. The predicted molar refractivity (Wildman–Crippen MR) is 387 cm³/mol. The molecule has 7 atom stereocenters. The molecule has 6 N–H and O–H groups in total. The molecule has 520 valence electrons. The van der Waals surface area contributed by atoms with E-state index in [0.29, 0.717) is 6.42 Å². The second-order valence-electron chi connectivity index (χ2n) is 26.1. The predicted octanol–water partition coefficient (Wildman–Crippen LogP) is 21.6. The molecule has 0 aromatic rings. The molecule has 0 spiro atoms. The summed E-state index contributed by atoms with van der Waals surface area (Å²) < 4.78 is 11.3. The van der Waals surface area contributed by atoms with Crippen molar-refractivity contribution in [1.29, 1.82) is 0 Å². The molecule has 7 unspecified atom stereocenters. The fourth-order valence-corrected chi connectivity index (χ4v) is 11.7. The van der Waals surface area contributed by atoms with Crippen molar-refractivity contribution in [3.8, 4) is 0 Å². The van der Waals surface area contributed by atoms with Crippen LogP contribution in [0.3, 0.4) is 0 Å². The maximum Gasteiger partial charge on any atom is 0.220 e.